The zero-order valence-electron chi connectivity index (χ0n) is 15.1. The maximum atomic E-state index is 13.0. The molecule has 0 fully saturated rings. The summed E-state index contributed by atoms with van der Waals surface area (Å²) in [6, 6.07) is 5.70. The maximum Gasteiger partial charge on any atom is 0.422 e. The fourth-order valence-corrected chi connectivity index (χ4v) is 2.56. The van der Waals surface area contributed by atoms with Crippen molar-refractivity contribution in [2.24, 2.45) is 0 Å². The van der Waals surface area contributed by atoms with Gasteiger partial charge in [0.05, 0.1) is 24.2 Å². The molecule has 0 saturated heterocycles. The number of ether oxygens (including phenoxy) is 2. The van der Waals surface area contributed by atoms with Gasteiger partial charge in [0.15, 0.2) is 6.61 Å². The van der Waals surface area contributed by atoms with Crippen LogP contribution in [0.2, 0.25) is 0 Å². The van der Waals surface area contributed by atoms with Crippen molar-refractivity contribution >= 4 is 0 Å². The molecule has 0 aliphatic heterocycles. The first kappa shape index (κ1) is 19.5. The molecule has 0 spiro atoms. The fraction of sp³-hybridized carbons (Fsp3) is 0.278. The molecule has 0 aliphatic carbocycles. The second-order valence-corrected chi connectivity index (χ2v) is 5.83. The molecule has 1 N–H and O–H groups in total. The smallest absolute Gasteiger partial charge is 0.422 e. The van der Waals surface area contributed by atoms with Crippen molar-refractivity contribution in [2.45, 2.75) is 20.0 Å². The SMILES string of the molecule is CCOc1nc(-c2cn[nH]c2)c(C)c(=O)n1-c1ccc(OCC(F)(F)F)cc1. The highest BCUT2D eigenvalue weighted by molar-refractivity contribution is 5.61. The number of nitrogens with one attached hydrogen (secondary N) is 1. The van der Waals surface area contributed by atoms with Crippen LogP contribution in [0, 0.1) is 6.92 Å². The van der Waals surface area contributed by atoms with E-state index in [2.05, 4.69) is 15.2 Å². The quantitative estimate of drug-likeness (QED) is 0.694. The van der Waals surface area contributed by atoms with Crippen LogP contribution in [0.25, 0.3) is 16.9 Å². The lowest BCUT2D eigenvalue weighted by molar-refractivity contribution is -0.153. The van der Waals surface area contributed by atoms with Crippen LogP contribution in [0.3, 0.4) is 0 Å². The first-order valence-corrected chi connectivity index (χ1v) is 8.35. The van der Waals surface area contributed by atoms with Crippen LogP contribution in [-0.4, -0.2) is 39.1 Å². The van der Waals surface area contributed by atoms with Crippen molar-refractivity contribution in [2.75, 3.05) is 13.2 Å². The molecule has 3 aromatic rings. The van der Waals surface area contributed by atoms with Gasteiger partial charge in [-0.15, -0.1) is 0 Å². The van der Waals surface area contributed by atoms with E-state index in [0.29, 0.717) is 22.5 Å². The average molecular weight is 394 g/mol. The lowest BCUT2D eigenvalue weighted by Gasteiger charge is -2.15. The van der Waals surface area contributed by atoms with Crippen LogP contribution in [0.1, 0.15) is 12.5 Å². The lowest BCUT2D eigenvalue weighted by atomic mass is 10.1. The number of benzene rings is 1. The summed E-state index contributed by atoms with van der Waals surface area (Å²) in [6.45, 7) is 2.26. The van der Waals surface area contributed by atoms with Crippen molar-refractivity contribution in [1.82, 2.24) is 19.7 Å². The van der Waals surface area contributed by atoms with Gasteiger partial charge in [0.2, 0.25) is 0 Å². The van der Waals surface area contributed by atoms with Crippen LogP contribution in [0.4, 0.5) is 13.2 Å². The highest BCUT2D eigenvalue weighted by Crippen LogP contribution is 2.24. The number of aromatic nitrogens is 4. The summed E-state index contributed by atoms with van der Waals surface area (Å²) in [4.78, 5) is 17.4. The molecule has 28 heavy (non-hydrogen) atoms. The molecule has 2 aromatic heterocycles. The first-order valence-electron chi connectivity index (χ1n) is 8.35. The monoisotopic (exact) mass is 394 g/mol. The van der Waals surface area contributed by atoms with Crippen LogP contribution in [0.15, 0.2) is 41.5 Å². The normalized spacial score (nSPS) is 11.5. The predicted octanol–water partition coefficient (Wildman–Crippen LogP) is 3.27. The Morgan fingerprint density at radius 1 is 1.18 bits per heavy atom. The van der Waals surface area contributed by atoms with Crippen LogP contribution >= 0.6 is 0 Å². The molecule has 0 radical (unpaired) electrons. The van der Waals surface area contributed by atoms with E-state index in [1.807, 2.05) is 0 Å². The Balaban J connectivity index is 2.01. The Bertz CT molecular complexity index is 997. The van der Waals surface area contributed by atoms with Crippen molar-refractivity contribution in [3.05, 3.63) is 52.6 Å². The van der Waals surface area contributed by atoms with E-state index in [-0.39, 0.29) is 23.9 Å². The number of hydrogen-bond donors (Lipinski definition) is 1. The molecule has 1 aromatic carbocycles. The summed E-state index contributed by atoms with van der Waals surface area (Å²) in [7, 11) is 0. The predicted molar refractivity (Wildman–Crippen MR) is 94.9 cm³/mol. The van der Waals surface area contributed by atoms with Crippen molar-refractivity contribution in [1.29, 1.82) is 0 Å². The zero-order valence-corrected chi connectivity index (χ0v) is 15.1. The Kier molecular flexibility index (Phi) is 5.39. The van der Waals surface area contributed by atoms with Gasteiger partial charge in [-0.1, -0.05) is 0 Å². The van der Waals surface area contributed by atoms with E-state index in [0.717, 1.165) is 0 Å². The van der Waals surface area contributed by atoms with Crippen molar-refractivity contribution in [3.8, 4) is 28.7 Å². The molecule has 0 bridgehead atoms. The molecule has 0 atom stereocenters. The number of aromatic amines is 1. The Morgan fingerprint density at radius 3 is 2.46 bits per heavy atom. The van der Waals surface area contributed by atoms with Crippen LogP contribution in [-0.2, 0) is 0 Å². The van der Waals surface area contributed by atoms with Crippen molar-refractivity contribution in [3.63, 3.8) is 0 Å². The number of nitrogens with zero attached hydrogens (tertiary/aromatic N) is 3. The largest absolute Gasteiger partial charge is 0.484 e. The van der Waals surface area contributed by atoms with Crippen LogP contribution in [0.5, 0.6) is 11.8 Å². The van der Waals surface area contributed by atoms with Gasteiger partial charge in [-0.2, -0.15) is 23.3 Å². The van der Waals surface area contributed by atoms with Gasteiger partial charge >= 0.3 is 12.2 Å². The minimum atomic E-state index is -4.43. The van der Waals surface area contributed by atoms with E-state index in [9.17, 15) is 18.0 Å². The molecule has 0 unspecified atom stereocenters. The van der Waals surface area contributed by atoms with Gasteiger partial charge in [0, 0.05) is 17.3 Å². The number of rotatable bonds is 6. The molecular formula is C18H17F3N4O3. The van der Waals surface area contributed by atoms with Gasteiger partial charge in [-0.25, -0.2) is 4.57 Å². The summed E-state index contributed by atoms with van der Waals surface area (Å²) in [5, 5.41) is 6.53. The molecule has 0 amide bonds. The maximum absolute atomic E-state index is 13.0. The van der Waals surface area contributed by atoms with E-state index in [4.69, 9.17) is 9.47 Å². The van der Waals surface area contributed by atoms with Gasteiger partial charge in [-0.3, -0.25) is 9.89 Å². The van der Waals surface area contributed by atoms with Gasteiger partial charge in [0.25, 0.3) is 5.56 Å². The van der Waals surface area contributed by atoms with E-state index in [1.165, 1.54) is 28.8 Å². The molecular weight excluding hydrogens is 377 g/mol. The standard InChI is InChI=1S/C18H17F3N4O3/c1-3-27-17-24-15(12-8-22-23-9-12)11(2)16(26)25(17)13-4-6-14(7-5-13)28-10-18(19,20)21/h4-9H,3,10H2,1-2H3,(H,22,23). The van der Waals surface area contributed by atoms with E-state index < -0.39 is 12.8 Å². The number of H-pyrrole nitrogens is 1. The molecule has 148 valence electrons. The van der Waals surface area contributed by atoms with Gasteiger partial charge in [-0.05, 0) is 38.1 Å². The topological polar surface area (TPSA) is 82.0 Å². The fourth-order valence-electron chi connectivity index (χ4n) is 2.56. The second kappa shape index (κ2) is 7.75. The second-order valence-electron chi connectivity index (χ2n) is 5.83. The minimum absolute atomic E-state index is 0.0341. The molecule has 3 rings (SSSR count). The first-order chi connectivity index (χ1) is 13.3. The summed E-state index contributed by atoms with van der Waals surface area (Å²) < 4.78 is 48.3. The van der Waals surface area contributed by atoms with Crippen molar-refractivity contribution < 1.29 is 22.6 Å². The third-order valence-corrected chi connectivity index (χ3v) is 3.82. The summed E-state index contributed by atoms with van der Waals surface area (Å²) in [6.07, 6.45) is -1.27. The Hall–Kier alpha value is -3.30. The minimum Gasteiger partial charge on any atom is -0.484 e. The van der Waals surface area contributed by atoms with Crippen LogP contribution < -0.4 is 15.0 Å². The number of alkyl halides is 3. The van der Waals surface area contributed by atoms with Gasteiger partial charge in [0.1, 0.15) is 5.75 Å². The Labute approximate surface area is 157 Å². The molecule has 0 saturated carbocycles. The zero-order chi connectivity index (χ0) is 20.3. The Morgan fingerprint density at radius 2 is 1.89 bits per heavy atom. The average Bonchev–Trinajstić information content (AvgIpc) is 3.18. The third kappa shape index (κ3) is 4.16. The third-order valence-electron chi connectivity index (χ3n) is 3.82. The number of halogens is 3. The van der Waals surface area contributed by atoms with E-state index >= 15 is 0 Å². The number of hydrogen-bond acceptors (Lipinski definition) is 5. The molecule has 10 heteroatoms. The summed E-state index contributed by atoms with van der Waals surface area (Å²) in [5.74, 6) is 0.0341. The summed E-state index contributed by atoms with van der Waals surface area (Å²) >= 11 is 0. The molecule has 0 aliphatic rings. The molecule has 7 nitrogen and oxygen atoms in total. The highest BCUT2D eigenvalue weighted by Gasteiger charge is 2.28. The molecule has 2 heterocycles. The van der Waals surface area contributed by atoms with Gasteiger partial charge < -0.3 is 9.47 Å². The summed E-state index contributed by atoms with van der Waals surface area (Å²) in [5.41, 5.74) is 1.48. The lowest BCUT2D eigenvalue weighted by Crippen LogP contribution is -2.25. The highest BCUT2D eigenvalue weighted by atomic mass is 19.4. The van der Waals surface area contributed by atoms with E-state index in [1.54, 1.807) is 26.2 Å².